The number of rotatable bonds is 8. The molecule has 0 aliphatic carbocycles. The van der Waals surface area contributed by atoms with Gasteiger partial charge in [0.1, 0.15) is 17.1 Å². The normalized spacial score (nSPS) is 11.2. The van der Waals surface area contributed by atoms with Gasteiger partial charge in [-0.3, -0.25) is 9.59 Å². The number of carbonyl (C=O) groups excluding carboxylic acids is 1. The SMILES string of the molecule is CCC/C=C/C=C/C(=O)c1c(O)cc(CC(=O)O)cc1OC. The fourth-order valence-electron chi connectivity index (χ4n) is 1.91. The fraction of sp³-hybridized carbons (Fsp3) is 0.294. The van der Waals surface area contributed by atoms with Crippen LogP contribution in [0.4, 0.5) is 0 Å². The zero-order chi connectivity index (χ0) is 16.5. The Labute approximate surface area is 129 Å². The van der Waals surface area contributed by atoms with Crippen molar-refractivity contribution in [3.8, 4) is 11.5 Å². The number of methoxy groups -OCH3 is 1. The summed E-state index contributed by atoms with van der Waals surface area (Å²) in [6, 6.07) is 2.71. The van der Waals surface area contributed by atoms with Crippen LogP contribution in [0.3, 0.4) is 0 Å². The highest BCUT2D eigenvalue weighted by atomic mass is 16.5. The van der Waals surface area contributed by atoms with Crippen LogP contribution in [-0.4, -0.2) is 29.1 Å². The Bertz CT molecular complexity index is 599. The number of phenolic OH excluding ortho intramolecular Hbond substituents is 1. The molecule has 1 aromatic carbocycles. The number of ether oxygens (including phenoxy) is 1. The van der Waals surface area contributed by atoms with Crippen LogP contribution in [-0.2, 0) is 11.2 Å². The molecule has 0 aliphatic rings. The average molecular weight is 304 g/mol. The molecule has 0 radical (unpaired) electrons. The van der Waals surface area contributed by atoms with E-state index >= 15 is 0 Å². The minimum Gasteiger partial charge on any atom is -0.507 e. The molecular formula is C17H20O5. The van der Waals surface area contributed by atoms with Gasteiger partial charge in [-0.05, 0) is 30.2 Å². The van der Waals surface area contributed by atoms with Crippen molar-refractivity contribution < 1.29 is 24.5 Å². The number of hydrogen-bond donors (Lipinski definition) is 2. The molecule has 0 heterocycles. The number of benzene rings is 1. The summed E-state index contributed by atoms with van der Waals surface area (Å²) in [4.78, 5) is 22.9. The lowest BCUT2D eigenvalue weighted by Gasteiger charge is -2.10. The second-order valence-corrected chi connectivity index (χ2v) is 4.70. The van der Waals surface area contributed by atoms with Crippen molar-refractivity contribution >= 4 is 11.8 Å². The first-order valence-electron chi connectivity index (χ1n) is 6.98. The number of carboxylic acid groups (broad SMARTS) is 1. The standard InChI is InChI=1S/C17H20O5/c1-3-4-5-6-7-8-13(18)17-14(19)9-12(11-16(20)21)10-15(17)22-2/h5-10,19H,3-4,11H2,1-2H3,(H,20,21)/b6-5+,8-7+. The molecule has 0 atom stereocenters. The van der Waals surface area contributed by atoms with E-state index in [4.69, 9.17) is 9.84 Å². The summed E-state index contributed by atoms with van der Waals surface area (Å²) in [7, 11) is 1.36. The summed E-state index contributed by atoms with van der Waals surface area (Å²) in [6.07, 6.45) is 8.34. The minimum absolute atomic E-state index is 0.0248. The van der Waals surface area contributed by atoms with Gasteiger partial charge in [-0.1, -0.05) is 31.6 Å². The molecule has 1 rings (SSSR count). The van der Waals surface area contributed by atoms with E-state index in [0.29, 0.717) is 5.56 Å². The molecule has 0 saturated carbocycles. The second kappa shape index (κ2) is 8.67. The van der Waals surface area contributed by atoms with Crippen LogP contribution in [0, 0.1) is 0 Å². The van der Waals surface area contributed by atoms with Crippen LogP contribution in [0.15, 0.2) is 36.4 Å². The maximum Gasteiger partial charge on any atom is 0.307 e. The van der Waals surface area contributed by atoms with Gasteiger partial charge in [0.15, 0.2) is 5.78 Å². The van der Waals surface area contributed by atoms with Gasteiger partial charge in [-0.15, -0.1) is 0 Å². The Morgan fingerprint density at radius 3 is 2.59 bits per heavy atom. The Balaban J connectivity index is 3.02. The second-order valence-electron chi connectivity index (χ2n) is 4.70. The topological polar surface area (TPSA) is 83.8 Å². The summed E-state index contributed by atoms with van der Waals surface area (Å²) in [5, 5.41) is 18.8. The van der Waals surface area contributed by atoms with Gasteiger partial charge in [-0.2, -0.15) is 0 Å². The van der Waals surface area contributed by atoms with E-state index in [1.54, 1.807) is 12.2 Å². The number of phenols is 1. The summed E-state index contributed by atoms with van der Waals surface area (Å²) in [5.41, 5.74) is 0.391. The van der Waals surface area contributed by atoms with E-state index in [2.05, 4.69) is 6.92 Å². The quantitative estimate of drug-likeness (QED) is 0.438. The average Bonchev–Trinajstić information content (AvgIpc) is 2.45. The Hall–Kier alpha value is -2.56. The van der Waals surface area contributed by atoms with Gasteiger partial charge < -0.3 is 14.9 Å². The number of carbonyl (C=O) groups is 2. The molecule has 1 aromatic rings. The molecule has 0 aromatic heterocycles. The molecule has 5 nitrogen and oxygen atoms in total. The van der Waals surface area contributed by atoms with E-state index in [1.807, 2.05) is 6.08 Å². The van der Waals surface area contributed by atoms with Crippen LogP contribution in [0.25, 0.3) is 0 Å². The molecule has 0 aliphatic heterocycles. The molecule has 118 valence electrons. The van der Waals surface area contributed by atoms with Gasteiger partial charge in [0.2, 0.25) is 0 Å². The third-order valence-electron chi connectivity index (χ3n) is 2.91. The van der Waals surface area contributed by atoms with Crippen molar-refractivity contribution in [2.45, 2.75) is 26.2 Å². The van der Waals surface area contributed by atoms with E-state index in [1.165, 1.54) is 25.3 Å². The highest BCUT2D eigenvalue weighted by molar-refractivity contribution is 6.08. The maximum absolute atomic E-state index is 12.1. The summed E-state index contributed by atoms with van der Waals surface area (Å²) in [6.45, 7) is 2.06. The number of aliphatic carboxylic acids is 1. The summed E-state index contributed by atoms with van der Waals surface area (Å²) >= 11 is 0. The van der Waals surface area contributed by atoms with Gasteiger partial charge in [0.25, 0.3) is 0 Å². The molecule has 2 N–H and O–H groups in total. The molecule has 0 unspecified atom stereocenters. The third-order valence-corrected chi connectivity index (χ3v) is 2.91. The predicted molar refractivity (Wildman–Crippen MR) is 83.5 cm³/mol. The molecule has 0 saturated heterocycles. The van der Waals surface area contributed by atoms with Crippen molar-refractivity contribution in [3.05, 3.63) is 47.6 Å². The highest BCUT2D eigenvalue weighted by Gasteiger charge is 2.17. The molecule has 0 spiro atoms. The number of ketones is 1. The van der Waals surface area contributed by atoms with E-state index in [9.17, 15) is 14.7 Å². The zero-order valence-corrected chi connectivity index (χ0v) is 12.7. The lowest BCUT2D eigenvalue weighted by atomic mass is 10.0. The predicted octanol–water partition coefficient (Wildman–Crippen LogP) is 3.12. The fourth-order valence-corrected chi connectivity index (χ4v) is 1.91. The number of aromatic hydroxyl groups is 1. The van der Waals surface area contributed by atoms with Crippen LogP contribution >= 0.6 is 0 Å². The summed E-state index contributed by atoms with van der Waals surface area (Å²) < 4.78 is 5.09. The van der Waals surface area contributed by atoms with Gasteiger partial charge in [-0.25, -0.2) is 0 Å². The van der Waals surface area contributed by atoms with Crippen LogP contribution in [0.2, 0.25) is 0 Å². The van der Waals surface area contributed by atoms with Crippen molar-refractivity contribution in [2.75, 3.05) is 7.11 Å². The smallest absolute Gasteiger partial charge is 0.307 e. The van der Waals surface area contributed by atoms with Crippen molar-refractivity contribution in [1.29, 1.82) is 0 Å². The molecule has 0 amide bonds. The van der Waals surface area contributed by atoms with Crippen molar-refractivity contribution in [2.24, 2.45) is 0 Å². The van der Waals surface area contributed by atoms with Gasteiger partial charge in [0.05, 0.1) is 13.5 Å². The number of carboxylic acids is 1. The maximum atomic E-state index is 12.1. The lowest BCUT2D eigenvalue weighted by molar-refractivity contribution is -0.136. The highest BCUT2D eigenvalue weighted by Crippen LogP contribution is 2.30. The number of allylic oxidation sites excluding steroid dienone is 4. The zero-order valence-electron chi connectivity index (χ0n) is 12.7. The molecule has 5 heteroatoms. The van der Waals surface area contributed by atoms with Gasteiger partial charge in [0, 0.05) is 0 Å². The van der Waals surface area contributed by atoms with Crippen molar-refractivity contribution in [3.63, 3.8) is 0 Å². The van der Waals surface area contributed by atoms with E-state index < -0.39 is 11.8 Å². The minimum atomic E-state index is -1.03. The van der Waals surface area contributed by atoms with E-state index in [-0.39, 0.29) is 23.5 Å². The number of unbranched alkanes of at least 4 members (excludes halogenated alkanes) is 1. The molecule has 22 heavy (non-hydrogen) atoms. The Morgan fingerprint density at radius 1 is 1.27 bits per heavy atom. The first-order chi connectivity index (χ1) is 10.5. The molecule has 0 fully saturated rings. The van der Waals surface area contributed by atoms with E-state index in [0.717, 1.165) is 12.8 Å². The lowest BCUT2D eigenvalue weighted by Crippen LogP contribution is -2.04. The number of hydrogen-bond acceptors (Lipinski definition) is 4. The molecular weight excluding hydrogens is 284 g/mol. The monoisotopic (exact) mass is 304 g/mol. The van der Waals surface area contributed by atoms with Crippen molar-refractivity contribution in [1.82, 2.24) is 0 Å². The van der Waals surface area contributed by atoms with Crippen LogP contribution < -0.4 is 4.74 Å². The Kier molecular flexibility index (Phi) is 6.89. The first-order valence-corrected chi connectivity index (χ1v) is 6.98. The van der Waals surface area contributed by atoms with Gasteiger partial charge >= 0.3 is 5.97 Å². The first kappa shape index (κ1) is 17.5. The third kappa shape index (κ3) is 5.09. The summed E-state index contributed by atoms with van der Waals surface area (Å²) in [5.74, 6) is -1.56. The van der Waals surface area contributed by atoms with Crippen LogP contribution in [0.5, 0.6) is 11.5 Å². The van der Waals surface area contributed by atoms with Crippen LogP contribution in [0.1, 0.15) is 35.7 Å². The largest absolute Gasteiger partial charge is 0.507 e. The Morgan fingerprint density at radius 2 is 2.00 bits per heavy atom. The molecule has 0 bridgehead atoms.